The number of carbonyl (C=O) groups is 1. The van der Waals surface area contributed by atoms with E-state index in [9.17, 15) is 4.79 Å². The molecule has 0 aromatic rings. The number of nitriles is 1. The average molecular weight is 124 g/mol. The first kappa shape index (κ1) is 6.09. The van der Waals surface area contributed by atoms with Crippen molar-refractivity contribution in [3.63, 3.8) is 0 Å². The van der Waals surface area contributed by atoms with Gasteiger partial charge >= 0.3 is 0 Å². The SMILES string of the molecule is CCC(=O)N1CC1C#N. The fourth-order valence-electron chi connectivity index (χ4n) is 0.728. The highest BCUT2D eigenvalue weighted by atomic mass is 16.2. The average Bonchev–Trinajstić information content (AvgIpc) is 2.64. The van der Waals surface area contributed by atoms with Crippen LogP contribution in [0.4, 0.5) is 0 Å². The van der Waals surface area contributed by atoms with Gasteiger partial charge in [0.2, 0.25) is 5.91 Å². The summed E-state index contributed by atoms with van der Waals surface area (Å²) in [5.41, 5.74) is 0. The summed E-state index contributed by atoms with van der Waals surface area (Å²) < 4.78 is 0. The fraction of sp³-hybridized carbons (Fsp3) is 0.667. The maximum absolute atomic E-state index is 10.7. The maximum Gasteiger partial charge on any atom is 0.223 e. The van der Waals surface area contributed by atoms with Crippen LogP contribution in [0.3, 0.4) is 0 Å². The van der Waals surface area contributed by atoms with Gasteiger partial charge in [0.1, 0.15) is 6.04 Å². The van der Waals surface area contributed by atoms with Crippen LogP contribution in [-0.2, 0) is 4.79 Å². The first-order valence-corrected chi connectivity index (χ1v) is 2.98. The molecular formula is C6H8N2O. The Balaban J connectivity index is 2.36. The lowest BCUT2D eigenvalue weighted by molar-refractivity contribution is -0.125. The largest absolute Gasteiger partial charge is 0.322 e. The van der Waals surface area contributed by atoms with Crippen LogP contribution in [0.15, 0.2) is 0 Å². The Morgan fingerprint density at radius 3 is 3.00 bits per heavy atom. The van der Waals surface area contributed by atoms with E-state index in [2.05, 4.69) is 0 Å². The Morgan fingerprint density at radius 1 is 2.00 bits per heavy atom. The fourth-order valence-corrected chi connectivity index (χ4v) is 0.728. The number of nitrogens with zero attached hydrogens (tertiary/aromatic N) is 2. The summed E-state index contributed by atoms with van der Waals surface area (Å²) in [4.78, 5) is 12.3. The highest BCUT2D eigenvalue weighted by molar-refractivity contribution is 5.79. The van der Waals surface area contributed by atoms with Crippen LogP contribution >= 0.6 is 0 Å². The van der Waals surface area contributed by atoms with E-state index in [1.165, 1.54) is 0 Å². The van der Waals surface area contributed by atoms with Gasteiger partial charge in [-0.3, -0.25) is 4.79 Å². The zero-order valence-corrected chi connectivity index (χ0v) is 5.29. The van der Waals surface area contributed by atoms with Crippen LogP contribution in [0.5, 0.6) is 0 Å². The summed E-state index contributed by atoms with van der Waals surface area (Å²) in [6.45, 7) is 2.44. The molecule has 0 spiro atoms. The predicted molar refractivity (Wildman–Crippen MR) is 31.4 cm³/mol. The minimum absolute atomic E-state index is 0.0848. The van der Waals surface area contributed by atoms with Gasteiger partial charge in [-0.2, -0.15) is 5.26 Å². The van der Waals surface area contributed by atoms with E-state index in [0.717, 1.165) is 0 Å². The van der Waals surface area contributed by atoms with Crippen LogP contribution < -0.4 is 0 Å². The minimum atomic E-state index is -0.113. The van der Waals surface area contributed by atoms with Crippen molar-refractivity contribution in [3.05, 3.63) is 0 Å². The van der Waals surface area contributed by atoms with Crippen LogP contribution in [0.25, 0.3) is 0 Å². The summed E-state index contributed by atoms with van der Waals surface area (Å²) >= 11 is 0. The van der Waals surface area contributed by atoms with Crippen LogP contribution in [-0.4, -0.2) is 23.4 Å². The third kappa shape index (κ3) is 1.02. The third-order valence-electron chi connectivity index (χ3n) is 1.38. The summed E-state index contributed by atoms with van der Waals surface area (Å²) in [6, 6.07) is 1.90. The molecule has 1 amide bonds. The lowest BCUT2D eigenvalue weighted by atomic mass is 10.4. The zero-order valence-electron chi connectivity index (χ0n) is 5.29. The monoisotopic (exact) mass is 124 g/mol. The van der Waals surface area contributed by atoms with E-state index >= 15 is 0 Å². The second-order valence-electron chi connectivity index (χ2n) is 2.04. The summed E-state index contributed by atoms with van der Waals surface area (Å²) in [5, 5.41) is 8.28. The molecule has 1 aliphatic rings. The molecule has 0 bridgehead atoms. The molecule has 0 saturated carbocycles. The highest BCUT2D eigenvalue weighted by Gasteiger charge is 2.37. The van der Waals surface area contributed by atoms with Gasteiger partial charge in [0, 0.05) is 6.42 Å². The van der Waals surface area contributed by atoms with Gasteiger partial charge in [-0.25, -0.2) is 0 Å². The van der Waals surface area contributed by atoms with Crippen molar-refractivity contribution in [2.24, 2.45) is 0 Å². The molecule has 1 rings (SSSR count). The normalized spacial score (nSPS) is 23.1. The molecule has 1 saturated heterocycles. The van der Waals surface area contributed by atoms with Gasteiger partial charge in [0.05, 0.1) is 12.6 Å². The Morgan fingerprint density at radius 2 is 2.67 bits per heavy atom. The quantitative estimate of drug-likeness (QED) is 0.466. The van der Waals surface area contributed by atoms with Crippen molar-refractivity contribution >= 4 is 5.91 Å². The number of rotatable bonds is 1. The van der Waals surface area contributed by atoms with Gasteiger partial charge in [-0.1, -0.05) is 6.92 Å². The van der Waals surface area contributed by atoms with Crippen molar-refractivity contribution in [2.45, 2.75) is 19.4 Å². The molecule has 9 heavy (non-hydrogen) atoms. The van der Waals surface area contributed by atoms with Crippen molar-refractivity contribution in [3.8, 4) is 6.07 Å². The first-order chi connectivity index (χ1) is 4.29. The summed E-state index contributed by atoms with van der Waals surface area (Å²) in [7, 11) is 0. The Hall–Kier alpha value is -1.04. The second-order valence-corrected chi connectivity index (χ2v) is 2.04. The van der Waals surface area contributed by atoms with Crippen molar-refractivity contribution in [2.75, 3.05) is 6.54 Å². The van der Waals surface area contributed by atoms with E-state index in [4.69, 9.17) is 5.26 Å². The third-order valence-corrected chi connectivity index (χ3v) is 1.38. The minimum Gasteiger partial charge on any atom is -0.322 e. The van der Waals surface area contributed by atoms with Gasteiger partial charge in [-0.05, 0) is 0 Å². The van der Waals surface area contributed by atoms with Gasteiger partial charge < -0.3 is 4.90 Å². The van der Waals surface area contributed by atoms with Gasteiger partial charge in [0.25, 0.3) is 0 Å². The number of hydrogen-bond donors (Lipinski definition) is 0. The molecule has 1 fully saturated rings. The molecule has 1 heterocycles. The molecule has 1 aliphatic heterocycles. The van der Waals surface area contributed by atoms with Crippen LogP contribution in [0, 0.1) is 11.3 Å². The molecule has 0 aromatic carbocycles. The molecule has 0 radical (unpaired) electrons. The molecule has 48 valence electrons. The standard InChI is InChI=1S/C6H8N2O/c1-2-6(9)8-4-5(8)3-7/h5H,2,4H2,1H3. The lowest BCUT2D eigenvalue weighted by Gasteiger charge is -1.93. The van der Waals surface area contributed by atoms with Crippen LogP contribution in [0.1, 0.15) is 13.3 Å². The Labute approximate surface area is 53.9 Å². The van der Waals surface area contributed by atoms with Crippen molar-refractivity contribution in [1.82, 2.24) is 4.90 Å². The molecule has 0 aromatic heterocycles. The first-order valence-electron chi connectivity index (χ1n) is 2.98. The maximum atomic E-state index is 10.7. The van der Waals surface area contributed by atoms with E-state index in [-0.39, 0.29) is 11.9 Å². The van der Waals surface area contributed by atoms with Crippen molar-refractivity contribution < 1.29 is 4.79 Å². The molecular weight excluding hydrogens is 116 g/mol. The summed E-state index contributed by atoms with van der Waals surface area (Å²) in [5.74, 6) is 0.0848. The molecule has 0 aliphatic carbocycles. The van der Waals surface area contributed by atoms with Crippen molar-refractivity contribution in [1.29, 1.82) is 5.26 Å². The topological polar surface area (TPSA) is 43.9 Å². The number of amides is 1. The summed E-state index contributed by atoms with van der Waals surface area (Å²) in [6.07, 6.45) is 0.512. The predicted octanol–water partition coefficient (Wildman–Crippen LogP) is 0.131. The molecule has 0 N–H and O–H groups in total. The van der Waals surface area contributed by atoms with Crippen LogP contribution in [0.2, 0.25) is 0 Å². The number of carbonyl (C=O) groups excluding carboxylic acids is 1. The smallest absolute Gasteiger partial charge is 0.223 e. The molecule has 1 unspecified atom stereocenters. The van der Waals surface area contributed by atoms with Gasteiger partial charge in [-0.15, -0.1) is 0 Å². The number of hydrogen-bond acceptors (Lipinski definition) is 2. The van der Waals surface area contributed by atoms with E-state index < -0.39 is 0 Å². The molecule has 1 atom stereocenters. The molecule has 3 nitrogen and oxygen atoms in total. The van der Waals surface area contributed by atoms with Gasteiger partial charge in [0.15, 0.2) is 0 Å². The van der Waals surface area contributed by atoms with E-state index in [1.807, 2.05) is 6.07 Å². The molecule has 3 heteroatoms. The Kier molecular flexibility index (Phi) is 1.39. The van der Waals surface area contributed by atoms with E-state index in [1.54, 1.807) is 11.8 Å². The van der Waals surface area contributed by atoms with E-state index in [0.29, 0.717) is 13.0 Å². The zero-order chi connectivity index (χ0) is 6.85. The lowest BCUT2D eigenvalue weighted by Crippen LogP contribution is -2.10. The second kappa shape index (κ2) is 2.06. The highest BCUT2D eigenvalue weighted by Crippen LogP contribution is 2.16. The Bertz CT molecular complexity index is 170.